The van der Waals surface area contributed by atoms with Crippen molar-refractivity contribution in [3.05, 3.63) is 83.7 Å². The van der Waals surface area contributed by atoms with Crippen molar-refractivity contribution >= 4 is 51.9 Å². The molecular weight excluding hydrogens is 594 g/mol. The molecule has 1 unspecified atom stereocenters. The van der Waals surface area contributed by atoms with Crippen LogP contribution in [0.1, 0.15) is 36.0 Å². The van der Waals surface area contributed by atoms with Crippen molar-refractivity contribution in [1.29, 1.82) is 0 Å². The first-order valence-electron chi connectivity index (χ1n) is 14.8. The molecule has 1 saturated carbocycles. The van der Waals surface area contributed by atoms with Gasteiger partial charge in [0.2, 0.25) is 11.9 Å². The van der Waals surface area contributed by atoms with Crippen molar-refractivity contribution in [2.75, 3.05) is 37.9 Å². The summed E-state index contributed by atoms with van der Waals surface area (Å²) in [4.78, 5) is 50.7. The topological polar surface area (TPSA) is 141 Å². The average Bonchev–Trinajstić information content (AvgIpc) is 3.46. The van der Waals surface area contributed by atoms with Gasteiger partial charge in [-0.2, -0.15) is 0 Å². The van der Waals surface area contributed by atoms with E-state index in [-0.39, 0.29) is 36.4 Å². The number of rotatable bonds is 11. The number of nitrogens with zero attached hydrogens (tertiary/aromatic N) is 3. The number of anilines is 2. The molecule has 0 bridgehead atoms. The lowest BCUT2D eigenvalue weighted by Gasteiger charge is -2.30. The van der Waals surface area contributed by atoms with Crippen molar-refractivity contribution in [2.45, 2.75) is 37.8 Å². The Balaban J connectivity index is 1.12. The second-order valence-corrected chi connectivity index (χ2v) is 11.5. The molecule has 4 N–H and O–H groups in total. The molecule has 0 spiro atoms. The van der Waals surface area contributed by atoms with Crippen molar-refractivity contribution in [3.8, 4) is 11.3 Å². The third-order valence-electron chi connectivity index (χ3n) is 7.66. The second-order valence-electron chi connectivity index (χ2n) is 11.1. The van der Waals surface area contributed by atoms with Gasteiger partial charge in [0.1, 0.15) is 0 Å². The van der Waals surface area contributed by atoms with Gasteiger partial charge in [-0.1, -0.05) is 35.9 Å². The van der Waals surface area contributed by atoms with E-state index in [0.29, 0.717) is 34.5 Å². The zero-order valence-electron chi connectivity index (χ0n) is 25.2. The van der Waals surface area contributed by atoms with E-state index in [1.54, 1.807) is 48.5 Å². The van der Waals surface area contributed by atoms with Crippen LogP contribution in [-0.4, -0.2) is 77.0 Å². The summed E-state index contributed by atoms with van der Waals surface area (Å²) in [5, 5.41) is 10.9. The highest BCUT2D eigenvalue weighted by atomic mass is 35.5. The first-order chi connectivity index (χ1) is 21.8. The van der Waals surface area contributed by atoms with Gasteiger partial charge in [-0.3, -0.25) is 19.3 Å². The Bertz CT molecular complexity index is 1690. The van der Waals surface area contributed by atoms with E-state index in [1.165, 1.54) is 13.2 Å². The average molecular weight is 630 g/mol. The van der Waals surface area contributed by atoms with Gasteiger partial charge in [0.05, 0.1) is 30.6 Å². The molecule has 1 aliphatic carbocycles. The Labute approximate surface area is 266 Å². The fourth-order valence-electron chi connectivity index (χ4n) is 5.37. The summed E-state index contributed by atoms with van der Waals surface area (Å²) in [5.41, 5.74) is 3.66. The Hall–Kier alpha value is -4.74. The van der Waals surface area contributed by atoms with Crippen molar-refractivity contribution in [2.24, 2.45) is 0 Å². The molecular formula is C33H36ClN7O4. The van der Waals surface area contributed by atoms with Crippen LogP contribution in [-0.2, 0) is 14.3 Å². The number of hydrogen-bond donors (Lipinski definition) is 4. The molecule has 234 valence electrons. The quantitative estimate of drug-likeness (QED) is 0.134. The van der Waals surface area contributed by atoms with Gasteiger partial charge in [0, 0.05) is 58.6 Å². The van der Waals surface area contributed by atoms with E-state index in [9.17, 15) is 14.4 Å². The lowest BCUT2D eigenvalue weighted by molar-refractivity contribution is -0.141. The molecule has 0 saturated heterocycles. The summed E-state index contributed by atoms with van der Waals surface area (Å²) < 4.78 is 4.63. The molecule has 0 aliphatic heterocycles. The molecule has 45 heavy (non-hydrogen) atoms. The number of amides is 2. The van der Waals surface area contributed by atoms with E-state index < -0.39 is 0 Å². The molecule has 5 rings (SSSR count). The predicted octanol–water partition coefficient (Wildman–Crippen LogP) is 5.03. The Kier molecular flexibility index (Phi) is 10.4. The molecule has 4 aromatic rings. The molecule has 2 aromatic carbocycles. The van der Waals surface area contributed by atoms with Gasteiger partial charge in [0.25, 0.3) is 5.91 Å². The highest BCUT2D eigenvalue weighted by molar-refractivity contribution is 6.33. The normalized spacial score (nSPS) is 16.5. The standard InChI is InChI=1S/C33H36ClN7O4/c1-41(20-30(43)45-2)16-6-11-29(42)37-22-14-12-21(13-15-22)32(44)38-23-7-5-8-24(17-23)39-33-36-19-27(34)31(40-33)26-18-35-28-10-4-3-9-25(26)28/h3-4,6,9-15,18-19,23-24,35H,5,7-8,16-17,20H2,1-2H3,(H,37,42)(H,38,44)(H,36,39,40)/t23?,24-/m1/s1. The summed E-state index contributed by atoms with van der Waals surface area (Å²) in [5.74, 6) is -0.324. The van der Waals surface area contributed by atoms with E-state index in [2.05, 4.69) is 30.7 Å². The number of H-pyrrole nitrogens is 1. The first-order valence-corrected chi connectivity index (χ1v) is 15.2. The number of ether oxygens (including phenoxy) is 1. The maximum Gasteiger partial charge on any atom is 0.319 e. The summed E-state index contributed by atoms with van der Waals surface area (Å²) in [7, 11) is 3.09. The zero-order chi connectivity index (χ0) is 31.8. The Morgan fingerprint density at radius 2 is 1.89 bits per heavy atom. The number of esters is 1. The molecule has 1 fully saturated rings. The van der Waals surface area contributed by atoms with Gasteiger partial charge in [-0.25, -0.2) is 9.97 Å². The number of benzene rings is 2. The van der Waals surface area contributed by atoms with E-state index in [1.807, 2.05) is 30.5 Å². The molecule has 12 heteroatoms. The number of fused-ring (bicyclic) bond motifs is 1. The van der Waals surface area contributed by atoms with E-state index in [0.717, 1.165) is 42.1 Å². The van der Waals surface area contributed by atoms with Crippen LogP contribution in [0.2, 0.25) is 5.02 Å². The third-order valence-corrected chi connectivity index (χ3v) is 7.94. The third kappa shape index (κ3) is 8.46. The highest BCUT2D eigenvalue weighted by Crippen LogP contribution is 2.32. The van der Waals surface area contributed by atoms with Crippen LogP contribution in [0.15, 0.2) is 73.1 Å². The van der Waals surface area contributed by atoms with Crippen LogP contribution < -0.4 is 16.0 Å². The molecule has 2 amide bonds. The number of halogens is 1. The van der Waals surface area contributed by atoms with Gasteiger partial charge >= 0.3 is 5.97 Å². The maximum atomic E-state index is 13.0. The highest BCUT2D eigenvalue weighted by Gasteiger charge is 2.25. The minimum Gasteiger partial charge on any atom is -0.468 e. The Morgan fingerprint density at radius 1 is 1.11 bits per heavy atom. The molecule has 2 heterocycles. The summed E-state index contributed by atoms with van der Waals surface area (Å²) in [6.07, 6.45) is 10.1. The number of hydrogen-bond acceptors (Lipinski definition) is 8. The van der Waals surface area contributed by atoms with Crippen LogP contribution in [0.25, 0.3) is 22.2 Å². The van der Waals surface area contributed by atoms with Gasteiger partial charge in [-0.15, -0.1) is 0 Å². The first kappa shape index (κ1) is 31.7. The SMILES string of the molecule is COC(=O)CN(C)CC=CC(=O)Nc1ccc(C(=O)NC2CCC[C@@H](Nc3ncc(Cl)c(-c4c[nH]c5ccccc45)n3)C2)cc1. The summed E-state index contributed by atoms with van der Waals surface area (Å²) in [6, 6.07) is 14.8. The van der Waals surface area contributed by atoms with Crippen LogP contribution in [0.5, 0.6) is 0 Å². The number of nitrogens with one attached hydrogen (secondary N) is 4. The van der Waals surface area contributed by atoms with Crippen molar-refractivity contribution in [3.63, 3.8) is 0 Å². The largest absolute Gasteiger partial charge is 0.468 e. The van der Waals surface area contributed by atoms with Crippen LogP contribution in [0.4, 0.5) is 11.6 Å². The van der Waals surface area contributed by atoms with Gasteiger partial charge in [-0.05, 0) is 63.1 Å². The molecule has 2 aromatic heterocycles. The summed E-state index contributed by atoms with van der Waals surface area (Å²) >= 11 is 6.50. The second kappa shape index (κ2) is 14.8. The molecule has 1 aliphatic rings. The van der Waals surface area contributed by atoms with Crippen LogP contribution >= 0.6 is 11.6 Å². The lowest BCUT2D eigenvalue weighted by Crippen LogP contribution is -2.42. The van der Waals surface area contributed by atoms with E-state index in [4.69, 9.17) is 16.6 Å². The van der Waals surface area contributed by atoms with Crippen molar-refractivity contribution in [1.82, 2.24) is 25.2 Å². The lowest BCUT2D eigenvalue weighted by atomic mass is 9.91. The fraction of sp³-hybridized carbons (Fsp3) is 0.303. The monoisotopic (exact) mass is 629 g/mol. The van der Waals surface area contributed by atoms with Crippen LogP contribution in [0.3, 0.4) is 0 Å². The number of carbonyl (C=O) groups excluding carboxylic acids is 3. The van der Waals surface area contributed by atoms with Crippen LogP contribution in [0, 0.1) is 0 Å². The molecule has 2 atom stereocenters. The molecule has 0 radical (unpaired) electrons. The minimum atomic E-state index is -0.344. The Morgan fingerprint density at radius 3 is 2.69 bits per heavy atom. The smallest absolute Gasteiger partial charge is 0.319 e. The van der Waals surface area contributed by atoms with Gasteiger partial charge in [0.15, 0.2) is 0 Å². The number of para-hydroxylation sites is 1. The number of likely N-dealkylation sites (N-methyl/N-ethyl adjacent to an activating group) is 1. The number of aromatic nitrogens is 3. The fourth-order valence-corrected chi connectivity index (χ4v) is 5.57. The zero-order valence-corrected chi connectivity index (χ0v) is 25.9. The van der Waals surface area contributed by atoms with E-state index >= 15 is 0 Å². The summed E-state index contributed by atoms with van der Waals surface area (Å²) in [6.45, 7) is 0.548. The minimum absolute atomic E-state index is 0.00836. The maximum absolute atomic E-state index is 13.0. The number of carbonyl (C=O) groups is 3. The number of aromatic amines is 1. The number of methoxy groups -OCH3 is 1. The van der Waals surface area contributed by atoms with Crippen molar-refractivity contribution < 1.29 is 19.1 Å². The van der Waals surface area contributed by atoms with Gasteiger partial charge < -0.3 is 25.7 Å². The molecule has 11 nitrogen and oxygen atoms in total. The predicted molar refractivity (Wildman–Crippen MR) is 175 cm³/mol.